The van der Waals surface area contributed by atoms with Gasteiger partial charge >= 0.3 is 0 Å². The fourth-order valence-corrected chi connectivity index (χ4v) is 1.45. The molecule has 3 N–H and O–H groups in total. The lowest BCUT2D eigenvalue weighted by Gasteiger charge is -2.10. The summed E-state index contributed by atoms with van der Waals surface area (Å²) in [6, 6.07) is 6.27. The van der Waals surface area contributed by atoms with Gasteiger partial charge in [0.2, 0.25) is 0 Å². The Kier molecular flexibility index (Phi) is 5.90. The summed E-state index contributed by atoms with van der Waals surface area (Å²) in [6.45, 7) is 7.42. The fraction of sp³-hybridized carbons (Fsp3) is 0.538. The Balaban J connectivity index is 2.23. The lowest BCUT2D eigenvalue weighted by Crippen LogP contribution is -2.23. The van der Waals surface area contributed by atoms with E-state index >= 15 is 0 Å². The van der Waals surface area contributed by atoms with Gasteiger partial charge in [-0.3, -0.25) is 0 Å². The molecule has 0 aliphatic heterocycles. The van der Waals surface area contributed by atoms with Gasteiger partial charge in [0.25, 0.3) is 0 Å². The van der Waals surface area contributed by atoms with Crippen LogP contribution in [0, 0.1) is 13.8 Å². The average Bonchev–Trinajstić information content (AvgIpc) is 2.28. The molecule has 3 nitrogen and oxygen atoms in total. The standard InChI is InChI=1S/C13H22N2O/c1-11-4-5-12(2)13(10-11)16-9-8-15-7-3-6-14/h4-5,10,15H,3,6-9,14H2,1-2H3. The third-order valence-corrected chi connectivity index (χ3v) is 2.44. The zero-order valence-electron chi connectivity index (χ0n) is 10.3. The maximum atomic E-state index is 5.70. The number of ether oxygens (including phenoxy) is 1. The van der Waals surface area contributed by atoms with Gasteiger partial charge in [0.05, 0.1) is 0 Å². The summed E-state index contributed by atoms with van der Waals surface area (Å²) < 4.78 is 5.70. The van der Waals surface area contributed by atoms with Crippen LogP contribution in [0.4, 0.5) is 0 Å². The average molecular weight is 222 g/mol. The first-order valence-electron chi connectivity index (χ1n) is 5.85. The highest BCUT2D eigenvalue weighted by Crippen LogP contribution is 2.18. The number of benzene rings is 1. The number of nitrogens with two attached hydrogens (primary N) is 1. The molecule has 3 heteroatoms. The predicted octanol–water partition coefficient (Wildman–Crippen LogP) is 1.62. The minimum atomic E-state index is 0.703. The molecule has 0 saturated heterocycles. The van der Waals surface area contributed by atoms with Crippen molar-refractivity contribution in [1.82, 2.24) is 5.32 Å². The third-order valence-electron chi connectivity index (χ3n) is 2.44. The van der Waals surface area contributed by atoms with Gasteiger partial charge in [-0.05, 0) is 50.6 Å². The number of rotatable bonds is 7. The van der Waals surface area contributed by atoms with E-state index in [1.165, 1.54) is 11.1 Å². The molecule has 0 bridgehead atoms. The van der Waals surface area contributed by atoms with Crippen LogP contribution in [-0.2, 0) is 0 Å². The smallest absolute Gasteiger partial charge is 0.122 e. The molecule has 0 amide bonds. The molecule has 0 spiro atoms. The van der Waals surface area contributed by atoms with Crippen molar-refractivity contribution in [2.45, 2.75) is 20.3 Å². The second-order valence-electron chi connectivity index (χ2n) is 4.01. The van der Waals surface area contributed by atoms with E-state index in [9.17, 15) is 0 Å². The van der Waals surface area contributed by atoms with Gasteiger partial charge in [-0.25, -0.2) is 0 Å². The summed E-state index contributed by atoms with van der Waals surface area (Å²) >= 11 is 0. The summed E-state index contributed by atoms with van der Waals surface area (Å²) in [6.07, 6.45) is 1.02. The quantitative estimate of drug-likeness (QED) is 0.689. The molecule has 16 heavy (non-hydrogen) atoms. The second-order valence-corrected chi connectivity index (χ2v) is 4.01. The lowest BCUT2D eigenvalue weighted by atomic mass is 10.1. The van der Waals surface area contributed by atoms with Crippen LogP contribution in [0.15, 0.2) is 18.2 Å². The summed E-state index contributed by atoms with van der Waals surface area (Å²) in [5.41, 5.74) is 7.82. The molecule has 1 rings (SSSR count). The number of aryl methyl sites for hydroxylation is 2. The van der Waals surface area contributed by atoms with Gasteiger partial charge in [0.15, 0.2) is 0 Å². The SMILES string of the molecule is Cc1ccc(C)c(OCCNCCCN)c1. The monoisotopic (exact) mass is 222 g/mol. The van der Waals surface area contributed by atoms with E-state index in [2.05, 4.69) is 37.4 Å². The number of nitrogens with one attached hydrogen (secondary N) is 1. The summed E-state index contributed by atoms with van der Waals surface area (Å²) in [5.74, 6) is 0.987. The Morgan fingerprint density at radius 3 is 2.81 bits per heavy atom. The Bertz CT molecular complexity index is 313. The van der Waals surface area contributed by atoms with Crippen molar-refractivity contribution in [1.29, 1.82) is 0 Å². The van der Waals surface area contributed by atoms with Gasteiger partial charge in [-0.1, -0.05) is 12.1 Å². The lowest BCUT2D eigenvalue weighted by molar-refractivity contribution is 0.312. The summed E-state index contributed by atoms with van der Waals surface area (Å²) in [7, 11) is 0. The highest BCUT2D eigenvalue weighted by atomic mass is 16.5. The largest absolute Gasteiger partial charge is 0.492 e. The molecule has 0 radical (unpaired) electrons. The van der Waals surface area contributed by atoms with Crippen LogP contribution in [0.5, 0.6) is 5.75 Å². The first-order chi connectivity index (χ1) is 7.74. The van der Waals surface area contributed by atoms with Crippen molar-refractivity contribution < 1.29 is 4.74 Å². The van der Waals surface area contributed by atoms with Gasteiger partial charge < -0.3 is 15.8 Å². The molecule has 0 atom stereocenters. The van der Waals surface area contributed by atoms with Crippen molar-refractivity contribution in [2.24, 2.45) is 5.73 Å². The minimum Gasteiger partial charge on any atom is -0.492 e. The summed E-state index contributed by atoms with van der Waals surface area (Å²) in [4.78, 5) is 0. The van der Waals surface area contributed by atoms with Crippen molar-refractivity contribution in [3.63, 3.8) is 0 Å². The van der Waals surface area contributed by atoms with E-state index in [1.807, 2.05) is 0 Å². The van der Waals surface area contributed by atoms with Crippen LogP contribution in [-0.4, -0.2) is 26.2 Å². The zero-order valence-corrected chi connectivity index (χ0v) is 10.3. The zero-order chi connectivity index (χ0) is 11.8. The molecule has 0 aliphatic rings. The van der Waals surface area contributed by atoms with E-state index < -0.39 is 0 Å². The van der Waals surface area contributed by atoms with Crippen molar-refractivity contribution in [3.8, 4) is 5.75 Å². The topological polar surface area (TPSA) is 47.3 Å². The van der Waals surface area contributed by atoms with E-state index in [4.69, 9.17) is 10.5 Å². The van der Waals surface area contributed by atoms with E-state index in [0.717, 1.165) is 31.8 Å². The molecule has 0 heterocycles. The first-order valence-corrected chi connectivity index (χ1v) is 5.85. The number of hydrogen-bond acceptors (Lipinski definition) is 3. The van der Waals surface area contributed by atoms with Gasteiger partial charge in [0, 0.05) is 6.54 Å². The van der Waals surface area contributed by atoms with Crippen LogP contribution in [0.3, 0.4) is 0 Å². The Morgan fingerprint density at radius 2 is 2.06 bits per heavy atom. The maximum Gasteiger partial charge on any atom is 0.122 e. The number of hydrogen-bond donors (Lipinski definition) is 2. The van der Waals surface area contributed by atoms with Gasteiger partial charge in [-0.15, -0.1) is 0 Å². The van der Waals surface area contributed by atoms with Crippen LogP contribution in [0.1, 0.15) is 17.5 Å². The van der Waals surface area contributed by atoms with Crippen LogP contribution < -0.4 is 15.8 Å². The van der Waals surface area contributed by atoms with Gasteiger partial charge in [-0.2, -0.15) is 0 Å². The molecule has 90 valence electrons. The predicted molar refractivity (Wildman–Crippen MR) is 68.0 cm³/mol. The molecule has 0 unspecified atom stereocenters. The third kappa shape index (κ3) is 4.64. The van der Waals surface area contributed by atoms with Crippen LogP contribution in [0.2, 0.25) is 0 Å². The molecule has 0 aromatic heterocycles. The molecule has 1 aromatic rings. The van der Waals surface area contributed by atoms with Gasteiger partial charge in [0.1, 0.15) is 12.4 Å². The second kappa shape index (κ2) is 7.25. The van der Waals surface area contributed by atoms with E-state index in [-0.39, 0.29) is 0 Å². The van der Waals surface area contributed by atoms with Crippen molar-refractivity contribution in [3.05, 3.63) is 29.3 Å². The molecule has 0 fully saturated rings. The summed E-state index contributed by atoms with van der Waals surface area (Å²) in [5, 5.41) is 3.29. The molecule has 0 aliphatic carbocycles. The molecule has 1 aromatic carbocycles. The van der Waals surface area contributed by atoms with Crippen LogP contribution in [0.25, 0.3) is 0 Å². The van der Waals surface area contributed by atoms with E-state index in [1.54, 1.807) is 0 Å². The normalized spacial score (nSPS) is 10.4. The van der Waals surface area contributed by atoms with Crippen molar-refractivity contribution >= 4 is 0 Å². The highest BCUT2D eigenvalue weighted by molar-refractivity contribution is 5.35. The Hall–Kier alpha value is -1.06. The van der Waals surface area contributed by atoms with Crippen LogP contribution >= 0.6 is 0 Å². The highest BCUT2D eigenvalue weighted by Gasteiger charge is 1.98. The molecule has 0 saturated carbocycles. The van der Waals surface area contributed by atoms with Crippen molar-refractivity contribution in [2.75, 3.05) is 26.2 Å². The van der Waals surface area contributed by atoms with E-state index in [0.29, 0.717) is 6.61 Å². The Labute approximate surface area is 98.0 Å². The Morgan fingerprint density at radius 1 is 1.25 bits per heavy atom. The molecular weight excluding hydrogens is 200 g/mol. The molecular formula is C13H22N2O. The minimum absolute atomic E-state index is 0.703. The first kappa shape index (κ1) is 13.0. The maximum absolute atomic E-state index is 5.70. The fourth-order valence-electron chi connectivity index (χ4n) is 1.45.